The fourth-order valence-electron chi connectivity index (χ4n) is 2.47. The van der Waals surface area contributed by atoms with Gasteiger partial charge in [-0.05, 0) is 49.6 Å². The minimum Gasteiger partial charge on any atom is -0.497 e. The van der Waals surface area contributed by atoms with Gasteiger partial charge in [-0.1, -0.05) is 30.3 Å². The Kier molecular flexibility index (Phi) is 5.45. The van der Waals surface area contributed by atoms with Gasteiger partial charge in [0, 0.05) is 12.1 Å². The van der Waals surface area contributed by atoms with Gasteiger partial charge in [-0.25, -0.2) is 0 Å². The van der Waals surface area contributed by atoms with E-state index in [1.165, 1.54) is 11.1 Å². The van der Waals surface area contributed by atoms with Crippen LogP contribution >= 0.6 is 0 Å². The molecule has 3 heteroatoms. The van der Waals surface area contributed by atoms with E-state index in [-0.39, 0.29) is 5.54 Å². The molecule has 22 heavy (non-hydrogen) atoms. The van der Waals surface area contributed by atoms with E-state index in [0.717, 1.165) is 24.5 Å². The summed E-state index contributed by atoms with van der Waals surface area (Å²) in [5.41, 5.74) is 2.44. The van der Waals surface area contributed by atoms with E-state index >= 15 is 0 Å². The Labute approximate surface area is 133 Å². The van der Waals surface area contributed by atoms with Crippen molar-refractivity contribution in [3.8, 4) is 11.5 Å². The molecule has 0 bridgehead atoms. The van der Waals surface area contributed by atoms with Gasteiger partial charge in [-0.2, -0.15) is 0 Å². The molecule has 0 amide bonds. The van der Waals surface area contributed by atoms with E-state index in [4.69, 9.17) is 9.47 Å². The van der Waals surface area contributed by atoms with Crippen LogP contribution in [-0.2, 0) is 13.0 Å². The summed E-state index contributed by atoms with van der Waals surface area (Å²) in [6, 6.07) is 16.3. The van der Waals surface area contributed by atoms with Gasteiger partial charge in [0.1, 0.15) is 11.5 Å². The molecule has 0 atom stereocenters. The molecule has 0 saturated carbocycles. The standard InChI is InChI=1S/C19H25NO2/c1-19(2,13-16-7-5-6-8-18(16)22-4)20-14-15-9-11-17(21-3)12-10-15/h5-12,20H,13-14H2,1-4H3. The molecule has 0 aliphatic heterocycles. The van der Waals surface area contributed by atoms with Crippen molar-refractivity contribution in [3.63, 3.8) is 0 Å². The van der Waals surface area contributed by atoms with Crippen LogP contribution in [0.15, 0.2) is 48.5 Å². The number of ether oxygens (including phenoxy) is 2. The lowest BCUT2D eigenvalue weighted by molar-refractivity contribution is 0.367. The van der Waals surface area contributed by atoms with E-state index in [1.54, 1.807) is 14.2 Å². The summed E-state index contributed by atoms with van der Waals surface area (Å²) in [6.07, 6.45) is 0.910. The molecule has 0 radical (unpaired) electrons. The minimum atomic E-state index is -0.0193. The predicted molar refractivity (Wildman–Crippen MR) is 90.6 cm³/mol. The molecule has 0 spiro atoms. The van der Waals surface area contributed by atoms with Crippen LogP contribution in [0.25, 0.3) is 0 Å². The molecule has 118 valence electrons. The van der Waals surface area contributed by atoms with Crippen LogP contribution in [-0.4, -0.2) is 19.8 Å². The van der Waals surface area contributed by atoms with Gasteiger partial charge >= 0.3 is 0 Å². The van der Waals surface area contributed by atoms with Crippen molar-refractivity contribution in [2.45, 2.75) is 32.4 Å². The summed E-state index contributed by atoms with van der Waals surface area (Å²) < 4.78 is 10.6. The molecule has 0 aliphatic carbocycles. The van der Waals surface area contributed by atoms with Gasteiger partial charge in [-0.3, -0.25) is 0 Å². The second kappa shape index (κ2) is 7.32. The van der Waals surface area contributed by atoms with Crippen LogP contribution in [0.1, 0.15) is 25.0 Å². The third-order valence-electron chi connectivity index (χ3n) is 3.76. The monoisotopic (exact) mass is 299 g/mol. The third kappa shape index (κ3) is 4.50. The Morgan fingerprint density at radius 2 is 1.59 bits per heavy atom. The van der Waals surface area contributed by atoms with Crippen molar-refractivity contribution in [3.05, 3.63) is 59.7 Å². The largest absolute Gasteiger partial charge is 0.497 e. The number of methoxy groups -OCH3 is 2. The highest BCUT2D eigenvalue weighted by atomic mass is 16.5. The van der Waals surface area contributed by atoms with E-state index in [2.05, 4.69) is 43.4 Å². The number of para-hydroxylation sites is 1. The van der Waals surface area contributed by atoms with E-state index in [0.29, 0.717) is 0 Å². The molecule has 0 saturated heterocycles. The first-order chi connectivity index (χ1) is 10.5. The number of rotatable bonds is 7. The molecule has 0 unspecified atom stereocenters. The zero-order valence-electron chi connectivity index (χ0n) is 13.8. The second-order valence-electron chi connectivity index (χ2n) is 6.07. The van der Waals surface area contributed by atoms with Gasteiger partial charge < -0.3 is 14.8 Å². The van der Waals surface area contributed by atoms with Gasteiger partial charge in [0.05, 0.1) is 14.2 Å². The van der Waals surface area contributed by atoms with Crippen molar-refractivity contribution in [2.24, 2.45) is 0 Å². The van der Waals surface area contributed by atoms with Crippen LogP contribution in [0.5, 0.6) is 11.5 Å². The SMILES string of the molecule is COc1ccc(CNC(C)(C)Cc2ccccc2OC)cc1. The number of hydrogen-bond acceptors (Lipinski definition) is 3. The Hall–Kier alpha value is -2.00. The van der Waals surface area contributed by atoms with Gasteiger partial charge in [0.15, 0.2) is 0 Å². The first-order valence-corrected chi connectivity index (χ1v) is 7.54. The lowest BCUT2D eigenvalue weighted by atomic mass is 9.94. The summed E-state index contributed by atoms with van der Waals surface area (Å²) >= 11 is 0. The van der Waals surface area contributed by atoms with Crippen molar-refractivity contribution in [2.75, 3.05) is 14.2 Å². The average Bonchev–Trinajstić information content (AvgIpc) is 2.53. The molecule has 2 aromatic carbocycles. The second-order valence-corrected chi connectivity index (χ2v) is 6.07. The van der Waals surface area contributed by atoms with Crippen molar-refractivity contribution in [1.29, 1.82) is 0 Å². The molecular formula is C19H25NO2. The first-order valence-electron chi connectivity index (χ1n) is 7.54. The fraction of sp³-hybridized carbons (Fsp3) is 0.368. The summed E-state index contributed by atoms with van der Waals surface area (Å²) in [5.74, 6) is 1.83. The molecule has 3 nitrogen and oxygen atoms in total. The van der Waals surface area contributed by atoms with Crippen LogP contribution in [0.2, 0.25) is 0 Å². The molecule has 1 N–H and O–H groups in total. The number of hydrogen-bond donors (Lipinski definition) is 1. The van der Waals surface area contributed by atoms with Crippen molar-refractivity contribution < 1.29 is 9.47 Å². The topological polar surface area (TPSA) is 30.5 Å². The molecule has 0 aromatic heterocycles. The third-order valence-corrected chi connectivity index (χ3v) is 3.76. The summed E-state index contributed by atoms with van der Waals surface area (Å²) in [6.45, 7) is 5.25. The van der Waals surface area contributed by atoms with E-state index < -0.39 is 0 Å². The highest BCUT2D eigenvalue weighted by Gasteiger charge is 2.19. The van der Waals surface area contributed by atoms with Crippen molar-refractivity contribution >= 4 is 0 Å². The maximum absolute atomic E-state index is 5.44. The van der Waals surface area contributed by atoms with Crippen LogP contribution in [0.3, 0.4) is 0 Å². The minimum absolute atomic E-state index is 0.0193. The van der Waals surface area contributed by atoms with Gasteiger partial charge in [0.2, 0.25) is 0 Å². The summed E-state index contributed by atoms with van der Waals surface area (Å²) in [5, 5.41) is 3.62. The van der Waals surface area contributed by atoms with E-state index in [9.17, 15) is 0 Å². The van der Waals surface area contributed by atoms with Crippen LogP contribution < -0.4 is 14.8 Å². The maximum Gasteiger partial charge on any atom is 0.122 e. The highest BCUT2D eigenvalue weighted by Crippen LogP contribution is 2.23. The quantitative estimate of drug-likeness (QED) is 0.843. The molecule has 2 aromatic rings. The number of nitrogens with one attached hydrogen (secondary N) is 1. The highest BCUT2D eigenvalue weighted by molar-refractivity contribution is 5.34. The summed E-state index contributed by atoms with van der Waals surface area (Å²) in [4.78, 5) is 0. The Balaban J connectivity index is 1.98. The molecule has 0 fully saturated rings. The zero-order valence-corrected chi connectivity index (χ0v) is 13.8. The average molecular weight is 299 g/mol. The smallest absolute Gasteiger partial charge is 0.122 e. The molecular weight excluding hydrogens is 274 g/mol. The van der Waals surface area contributed by atoms with Gasteiger partial charge in [0.25, 0.3) is 0 Å². The Morgan fingerprint density at radius 3 is 2.23 bits per heavy atom. The molecule has 2 rings (SSSR count). The van der Waals surface area contributed by atoms with Crippen molar-refractivity contribution in [1.82, 2.24) is 5.32 Å². The first kappa shape index (κ1) is 16.4. The predicted octanol–water partition coefficient (Wildman–Crippen LogP) is 3.81. The van der Waals surface area contributed by atoms with Crippen LogP contribution in [0.4, 0.5) is 0 Å². The Bertz CT molecular complexity index is 591. The molecule has 0 heterocycles. The van der Waals surface area contributed by atoms with E-state index in [1.807, 2.05) is 24.3 Å². The van der Waals surface area contributed by atoms with Gasteiger partial charge in [-0.15, -0.1) is 0 Å². The normalized spacial score (nSPS) is 11.3. The zero-order chi connectivity index (χ0) is 16.0. The van der Waals surface area contributed by atoms with Crippen LogP contribution in [0, 0.1) is 0 Å². The maximum atomic E-state index is 5.44. The summed E-state index contributed by atoms with van der Waals surface area (Å²) in [7, 11) is 3.40. The fourth-order valence-corrected chi connectivity index (χ4v) is 2.47. The number of benzene rings is 2. The lowest BCUT2D eigenvalue weighted by Crippen LogP contribution is -2.40. The Morgan fingerprint density at radius 1 is 0.909 bits per heavy atom. The lowest BCUT2D eigenvalue weighted by Gasteiger charge is -2.27. The molecule has 0 aliphatic rings.